The standard InChI is InChI=1S/C15H16N4/c1-2-4-11-9-15(16)18-14-10-12(5-6-13(11)14)19-8-3-7-17-19/h3,5-10H,2,4H2,1H3,(H2,16,18). The van der Waals surface area contributed by atoms with Gasteiger partial charge in [-0.2, -0.15) is 5.10 Å². The van der Waals surface area contributed by atoms with E-state index in [1.165, 1.54) is 10.9 Å². The van der Waals surface area contributed by atoms with Crippen molar-refractivity contribution in [1.29, 1.82) is 0 Å². The lowest BCUT2D eigenvalue weighted by Crippen LogP contribution is -1.98. The Bertz CT molecular complexity index is 701. The van der Waals surface area contributed by atoms with Crippen LogP contribution in [-0.4, -0.2) is 14.8 Å². The Hall–Kier alpha value is -2.36. The molecule has 4 nitrogen and oxygen atoms in total. The van der Waals surface area contributed by atoms with Crippen LogP contribution in [0.15, 0.2) is 42.7 Å². The molecule has 0 saturated carbocycles. The summed E-state index contributed by atoms with van der Waals surface area (Å²) in [6.45, 7) is 2.17. The molecule has 1 aromatic carbocycles. The van der Waals surface area contributed by atoms with E-state index in [0.29, 0.717) is 5.82 Å². The second kappa shape index (κ2) is 4.72. The number of aromatic nitrogens is 3. The third-order valence-corrected chi connectivity index (χ3v) is 3.19. The second-order valence-electron chi connectivity index (χ2n) is 4.61. The van der Waals surface area contributed by atoms with E-state index in [-0.39, 0.29) is 0 Å². The maximum atomic E-state index is 5.89. The molecule has 0 amide bonds. The zero-order valence-corrected chi connectivity index (χ0v) is 10.9. The highest BCUT2D eigenvalue weighted by Gasteiger charge is 2.06. The summed E-state index contributed by atoms with van der Waals surface area (Å²) < 4.78 is 1.82. The SMILES string of the molecule is CCCc1cc(N)nc2cc(-n3cccn3)ccc12. The molecule has 0 aliphatic carbocycles. The molecule has 2 N–H and O–H groups in total. The number of pyridine rings is 1. The molecule has 2 heterocycles. The van der Waals surface area contributed by atoms with Crippen LogP contribution in [0.1, 0.15) is 18.9 Å². The lowest BCUT2D eigenvalue weighted by atomic mass is 10.0. The maximum absolute atomic E-state index is 5.89. The van der Waals surface area contributed by atoms with Gasteiger partial charge in [-0.05, 0) is 36.2 Å². The normalized spacial score (nSPS) is 11.0. The molecule has 0 spiro atoms. The number of rotatable bonds is 3. The van der Waals surface area contributed by atoms with Gasteiger partial charge < -0.3 is 5.73 Å². The monoisotopic (exact) mass is 252 g/mol. The maximum Gasteiger partial charge on any atom is 0.124 e. The predicted octanol–water partition coefficient (Wildman–Crippen LogP) is 2.96. The van der Waals surface area contributed by atoms with Crippen LogP contribution in [0.3, 0.4) is 0 Å². The van der Waals surface area contributed by atoms with Gasteiger partial charge in [0.1, 0.15) is 5.82 Å². The van der Waals surface area contributed by atoms with Gasteiger partial charge in [-0.3, -0.25) is 0 Å². The van der Waals surface area contributed by atoms with Crippen molar-refractivity contribution in [3.63, 3.8) is 0 Å². The van der Waals surface area contributed by atoms with Crippen molar-refractivity contribution in [2.75, 3.05) is 5.73 Å². The average Bonchev–Trinajstić information content (AvgIpc) is 2.92. The Morgan fingerprint density at radius 2 is 2.16 bits per heavy atom. The van der Waals surface area contributed by atoms with Crippen LogP contribution in [0.25, 0.3) is 16.6 Å². The first-order valence-electron chi connectivity index (χ1n) is 6.47. The van der Waals surface area contributed by atoms with Crippen LogP contribution in [0.5, 0.6) is 0 Å². The largest absolute Gasteiger partial charge is 0.384 e. The third kappa shape index (κ3) is 2.17. The van der Waals surface area contributed by atoms with Crippen molar-refractivity contribution in [2.24, 2.45) is 0 Å². The van der Waals surface area contributed by atoms with Crippen molar-refractivity contribution in [1.82, 2.24) is 14.8 Å². The molecule has 0 aliphatic heterocycles. The van der Waals surface area contributed by atoms with E-state index in [4.69, 9.17) is 5.73 Å². The Morgan fingerprint density at radius 1 is 1.26 bits per heavy atom. The molecule has 0 bridgehead atoms. The molecule has 3 rings (SSSR count). The summed E-state index contributed by atoms with van der Waals surface area (Å²) >= 11 is 0. The number of hydrogen-bond donors (Lipinski definition) is 1. The Morgan fingerprint density at radius 3 is 2.89 bits per heavy atom. The van der Waals surface area contributed by atoms with Crippen LogP contribution in [0, 0.1) is 0 Å². The minimum Gasteiger partial charge on any atom is -0.384 e. The molecular weight excluding hydrogens is 236 g/mol. The first-order valence-corrected chi connectivity index (χ1v) is 6.47. The third-order valence-electron chi connectivity index (χ3n) is 3.19. The minimum absolute atomic E-state index is 0.577. The molecular formula is C15H16N4. The van der Waals surface area contributed by atoms with Crippen molar-refractivity contribution in [2.45, 2.75) is 19.8 Å². The highest BCUT2D eigenvalue weighted by Crippen LogP contribution is 2.23. The summed E-state index contributed by atoms with van der Waals surface area (Å²) in [5.74, 6) is 0.577. The van der Waals surface area contributed by atoms with Gasteiger partial charge in [0.15, 0.2) is 0 Å². The molecule has 0 radical (unpaired) electrons. The quantitative estimate of drug-likeness (QED) is 0.779. The topological polar surface area (TPSA) is 56.7 Å². The summed E-state index contributed by atoms with van der Waals surface area (Å²) in [4.78, 5) is 4.43. The fourth-order valence-corrected chi connectivity index (χ4v) is 2.35. The van der Waals surface area contributed by atoms with Gasteiger partial charge in [-0.25, -0.2) is 9.67 Å². The number of nitrogens with two attached hydrogens (primary N) is 1. The van der Waals surface area contributed by atoms with Crippen LogP contribution in [0.2, 0.25) is 0 Å². The molecule has 96 valence electrons. The van der Waals surface area contributed by atoms with Gasteiger partial charge in [0.25, 0.3) is 0 Å². The minimum atomic E-state index is 0.577. The average molecular weight is 252 g/mol. The predicted molar refractivity (Wildman–Crippen MR) is 77.3 cm³/mol. The van der Waals surface area contributed by atoms with Gasteiger partial charge in [-0.15, -0.1) is 0 Å². The summed E-state index contributed by atoms with van der Waals surface area (Å²) in [5.41, 5.74) is 9.08. The van der Waals surface area contributed by atoms with Crippen molar-refractivity contribution in [3.8, 4) is 5.69 Å². The lowest BCUT2D eigenvalue weighted by molar-refractivity contribution is 0.881. The lowest BCUT2D eigenvalue weighted by Gasteiger charge is -2.08. The van der Waals surface area contributed by atoms with E-state index in [1.54, 1.807) is 6.20 Å². The van der Waals surface area contributed by atoms with Crippen molar-refractivity contribution in [3.05, 3.63) is 48.3 Å². The van der Waals surface area contributed by atoms with Crippen LogP contribution in [-0.2, 0) is 6.42 Å². The smallest absolute Gasteiger partial charge is 0.124 e. The fourth-order valence-electron chi connectivity index (χ4n) is 2.35. The van der Waals surface area contributed by atoms with Gasteiger partial charge >= 0.3 is 0 Å². The van der Waals surface area contributed by atoms with E-state index in [1.807, 2.05) is 29.1 Å². The number of anilines is 1. The van der Waals surface area contributed by atoms with Gasteiger partial charge in [-0.1, -0.05) is 19.4 Å². The van der Waals surface area contributed by atoms with Crippen molar-refractivity contribution >= 4 is 16.7 Å². The van der Waals surface area contributed by atoms with Gasteiger partial charge in [0.05, 0.1) is 11.2 Å². The first kappa shape index (κ1) is 11.7. The fraction of sp³-hybridized carbons (Fsp3) is 0.200. The van der Waals surface area contributed by atoms with E-state index in [2.05, 4.69) is 29.1 Å². The van der Waals surface area contributed by atoms with Crippen LogP contribution < -0.4 is 5.73 Å². The summed E-state index contributed by atoms with van der Waals surface area (Å²) in [5, 5.41) is 5.41. The zero-order chi connectivity index (χ0) is 13.2. The Labute approximate surface area is 111 Å². The number of nitrogens with zero attached hydrogens (tertiary/aromatic N) is 3. The number of benzene rings is 1. The van der Waals surface area contributed by atoms with E-state index < -0.39 is 0 Å². The Balaban J connectivity index is 2.18. The summed E-state index contributed by atoms with van der Waals surface area (Å²) in [7, 11) is 0. The molecule has 0 saturated heterocycles. The molecule has 19 heavy (non-hydrogen) atoms. The van der Waals surface area contributed by atoms with Crippen molar-refractivity contribution < 1.29 is 0 Å². The first-order chi connectivity index (χ1) is 9.28. The van der Waals surface area contributed by atoms with Gasteiger partial charge in [0, 0.05) is 17.8 Å². The van der Waals surface area contributed by atoms with Crippen LogP contribution >= 0.6 is 0 Å². The molecule has 0 aliphatic rings. The van der Waals surface area contributed by atoms with E-state index >= 15 is 0 Å². The highest BCUT2D eigenvalue weighted by atomic mass is 15.3. The van der Waals surface area contributed by atoms with E-state index in [9.17, 15) is 0 Å². The molecule has 4 heteroatoms. The number of hydrogen-bond acceptors (Lipinski definition) is 3. The Kier molecular flexibility index (Phi) is 2.91. The molecule has 0 fully saturated rings. The second-order valence-corrected chi connectivity index (χ2v) is 4.61. The zero-order valence-electron chi connectivity index (χ0n) is 10.9. The van der Waals surface area contributed by atoms with Crippen LogP contribution in [0.4, 0.5) is 5.82 Å². The molecule has 0 atom stereocenters. The van der Waals surface area contributed by atoms with Gasteiger partial charge in [0.2, 0.25) is 0 Å². The number of fused-ring (bicyclic) bond motifs is 1. The number of nitrogen functional groups attached to an aromatic ring is 1. The summed E-state index contributed by atoms with van der Waals surface area (Å²) in [6, 6.07) is 10.1. The molecule has 3 aromatic rings. The number of aryl methyl sites for hydroxylation is 1. The highest BCUT2D eigenvalue weighted by molar-refractivity contribution is 5.85. The summed E-state index contributed by atoms with van der Waals surface area (Å²) in [6.07, 6.45) is 5.80. The van der Waals surface area contributed by atoms with E-state index in [0.717, 1.165) is 24.0 Å². The molecule has 0 unspecified atom stereocenters. The molecule has 2 aromatic heterocycles.